The van der Waals surface area contributed by atoms with Crippen molar-refractivity contribution in [3.05, 3.63) is 46.9 Å². The van der Waals surface area contributed by atoms with Crippen LogP contribution in [0.1, 0.15) is 32.2 Å². The highest BCUT2D eigenvalue weighted by atomic mass is 35.5. The number of carboxylic acid groups (broad SMARTS) is 1. The molecule has 132 valence electrons. The number of amides is 1. The Balaban J connectivity index is 1.95. The van der Waals surface area contributed by atoms with Crippen LogP contribution in [0, 0.1) is 11.8 Å². The molecule has 6 nitrogen and oxygen atoms in total. The molecule has 0 unspecified atom stereocenters. The van der Waals surface area contributed by atoms with E-state index in [4.69, 9.17) is 11.6 Å². The number of hydrogen-bond acceptors (Lipinski definition) is 5. The molecule has 0 atom stereocenters. The fourth-order valence-electron chi connectivity index (χ4n) is 2.20. The van der Waals surface area contributed by atoms with Gasteiger partial charge in [0.05, 0.1) is 5.02 Å². The molecule has 0 saturated carbocycles. The van der Waals surface area contributed by atoms with Gasteiger partial charge in [-0.25, -0.2) is 24.6 Å². The van der Waals surface area contributed by atoms with Crippen LogP contribution in [0.5, 0.6) is 0 Å². The molecule has 0 aromatic carbocycles. The summed E-state index contributed by atoms with van der Waals surface area (Å²) in [6, 6.07) is 6.98. The van der Waals surface area contributed by atoms with E-state index in [1.54, 1.807) is 24.3 Å². The summed E-state index contributed by atoms with van der Waals surface area (Å²) >= 11 is 7.02. The molecule has 3 aromatic rings. The SMILES string of the molecule is CC(C)(C)N(C(=O)O)c1nc2ccc(C#Cc3ccc(Cl)cn3)nc2s1. The van der Waals surface area contributed by atoms with Crippen molar-refractivity contribution in [3.63, 3.8) is 0 Å². The molecular formula is C18H15ClN4O2S. The smallest absolute Gasteiger partial charge is 0.414 e. The molecule has 1 N–H and O–H groups in total. The molecule has 0 saturated heterocycles. The zero-order valence-electron chi connectivity index (χ0n) is 14.3. The van der Waals surface area contributed by atoms with E-state index in [0.29, 0.717) is 31.9 Å². The average Bonchev–Trinajstić information content (AvgIpc) is 2.94. The molecule has 0 radical (unpaired) electrons. The number of pyridine rings is 2. The van der Waals surface area contributed by atoms with Gasteiger partial charge < -0.3 is 5.11 Å². The Morgan fingerprint density at radius 2 is 1.85 bits per heavy atom. The maximum Gasteiger partial charge on any atom is 0.414 e. The van der Waals surface area contributed by atoms with E-state index in [1.165, 1.54) is 22.4 Å². The summed E-state index contributed by atoms with van der Waals surface area (Å²) in [5, 5.41) is 10.4. The highest BCUT2D eigenvalue weighted by Gasteiger charge is 2.30. The third kappa shape index (κ3) is 3.93. The van der Waals surface area contributed by atoms with Gasteiger partial charge in [0.2, 0.25) is 0 Å². The largest absolute Gasteiger partial charge is 0.465 e. The third-order valence-corrected chi connectivity index (χ3v) is 4.52. The van der Waals surface area contributed by atoms with E-state index in [9.17, 15) is 9.90 Å². The minimum atomic E-state index is -1.05. The molecule has 0 spiro atoms. The number of carbonyl (C=O) groups is 1. The van der Waals surface area contributed by atoms with Gasteiger partial charge in [0.1, 0.15) is 21.7 Å². The number of anilines is 1. The summed E-state index contributed by atoms with van der Waals surface area (Å²) < 4.78 is 0. The van der Waals surface area contributed by atoms with Gasteiger partial charge in [-0.15, -0.1) is 0 Å². The fraction of sp³-hybridized carbons (Fsp3) is 0.222. The van der Waals surface area contributed by atoms with E-state index in [1.807, 2.05) is 20.8 Å². The van der Waals surface area contributed by atoms with Crippen molar-refractivity contribution in [3.8, 4) is 11.8 Å². The van der Waals surface area contributed by atoms with Gasteiger partial charge in [-0.2, -0.15) is 0 Å². The number of hydrogen-bond donors (Lipinski definition) is 1. The Morgan fingerprint density at radius 3 is 2.46 bits per heavy atom. The maximum absolute atomic E-state index is 11.6. The van der Waals surface area contributed by atoms with Crippen LogP contribution in [0.2, 0.25) is 5.02 Å². The quantitative estimate of drug-likeness (QED) is 0.626. The van der Waals surface area contributed by atoms with Crippen molar-refractivity contribution in [2.75, 3.05) is 4.90 Å². The first-order valence-corrected chi connectivity index (χ1v) is 8.88. The Morgan fingerprint density at radius 1 is 1.15 bits per heavy atom. The molecule has 0 bridgehead atoms. The standard InChI is InChI=1S/C18H15ClN4O2S/c1-18(2,3)23(17(24)25)16-22-14-9-8-13(21-15(14)26-16)7-6-12-5-4-11(19)10-20-12/h4-5,8-10H,1-3H3,(H,24,25). The summed E-state index contributed by atoms with van der Waals surface area (Å²) in [7, 11) is 0. The zero-order valence-corrected chi connectivity index (χ0v) is 15.9. The van der Waals surface area contributed by atoms with Crippen LogP contribution in [0.25, 0.3) is 10.3 Å². The molecule has 8 heteroatoms. The van der Waals surface area contributed by atoms with Gasteiger partial charge >= 0.3 is 6.09 Å². The maximum atomic E-state index is 11.6. The lowest BCUT2D eigenvalue weighted by Gasteiger charge is -2.30. The zero-order chi connectivity index (χ0) is 18.9. The van der Waals surface area contributed by atoms with Crippen LogP contribution in [0.4, 0.5) is 9.93 Å². The molecule has 3 heterocycles. The third-order valence-electron chi connectivity index (χ3n) is 3.34. The topological polar surface area (TPSA) is 79.2 Å². The summed E-state index contributed by atoms with van der Waals surface area (Å²) in [5.41, 5.74) is 1.17. The van der Waals surface area contributed by atoms with Gasteiger partial charge in [-0.1, -0.05) is 22.9 Å². The Labute approximate surface area is 159 Å². The lowest BCUT2D eigenvalue weighted by atomic mass is 10.1. The summed E-state index contributed by atoms with van der Waals surface area (Å²) in [6.45, 7) is 5.45. The van der Waals surface area contributed by atoms with Crippen LogP contribution >= 0.6 is 22.9 Å². The number of fused-ring (bicyclic) bond motifs is 1. The Kier molecular flexibility index (Phi) is 4.81. The van der Waals surface area contributed by atoms with Crippen LogP contribution in [0.3, 0.4) is 0 Å². The molecule has 3 rings (SSSR count). The Bertz CT molecular complexity index is 1030. The van der Waals surface area contributed by atoms with Gasteiger partial charge in [-0.3, -0.25) is 0 Å². The van der Waals surface area contributed by atoms with Gasteiger partial charge in [0.25, 0.3) is 0 Å². The van der Waals surface area contributed by atoms with Crippen molar-refractivity contribution in [2.45, 2.75) is 26.3 Å². The second kappa shape index (κ2) is 6.90. The number of halogens is 1. The first-order chi connectivity index (χ1) is 12.2. The van der Waals surface area contributed by atoms with E-state index in [0.717, 1.165) is 0 Å². The van der Waals surface area contributed by atoms with Crippen molar-refractivity contribution in [1.29, 1.82) is 0 Å². The van der Waals surface area contributed by atoms with Crippen LogP contribution < -0.4 is 4.90 Å². The first-order valence-electron chi connectivity index (χ1n) is 7.68. The second-order valence-electron chi connectivity index (χ2n) is 6.42. The molecule has 26 heavy (non-hydrogen) atoms. The molecule has 0 aliphatic rings. The van der Waals surface area contributed by atoms with Crippen LogP contribution in [-0.4, -0.2) is 31.7 Å². The van der Waals surface area contributed by atoms with E-state index < -0.39 is 11.6 Å². The number of aromatic nitrogens is 3. The van der Waals surface area contributed by atoms with E-state index >= 15 is 0 Å². The number of rotatable bonds is 1. The van der Waals surface area contributed by atoms with Crippen LogP contribution in [-0.2, 0) is 0 Å². The number of nitrogens with zero attached hydrogens (tertiary/aromatic N) is 4. The van der Waals surface area contributed by atoms with Crippen molar-refractivity contribution in [2.24, 2.45) is 0 Å². The van der Waals surface area contributed by atoms with Gasteiger partial charge in [0, 0.05) is 11.7 Å². The monoisotopic (exact) mass is 386 g/mol. The average molecular weight is 387 g/mol. The van der Waals surface area contributed by atoms with Crippen molar-refractivity contribution in [1.82, 2.24) is 15.0 Å². The molecule has 0 fully saturated rings. The molecule has 3 aromatic heterocycles. The number of thiazole rings is 1. The molecule has 0 aliphatic heterocycles. The summed E-state index contributed by atoms with van der Waals surface area (Å²) in [5.74, 6) is 5.87. The summed E-state index contributed by atoms with van der Waals surface area (Å²) in [4.78, 5) is 26.4. The summed E-state index contributed by atoms with van der Waals surface area (Å²) in [6.07, 6.45) is 0.482. The second-order valence-corrected chi connectivity index (χ2v) is 7.81. The van der Waals surface area contributed by atoms with E-state index in [-0.39, 0.29) is 0 Å². The first kappa shape index (κ1) is 18.1. The van der Waals surface area contributed by atoms with Crippen molar-refractivity contribution >= 4 is 44.5 Å². The van der Waals surface area contributed by atoms with Crippen molar-refractivity contribution < 1.29 is 9.90 Å². The minimum Gasteiger partial charge on any atom is -0.465 e. The molecule has 1 amide bonds. The Hall–Kier alpha value is -2.69. The molecule has 0 aliphatic carbocycles. The lowest BCUT2D eigenvalue weighted by molar-refractivity contribution is 0.195. The van der Waals surface area contributed by atoms with E-state index in [2.05, 4.69) is 26.8 Å². The van der Waals surface area contributed by atoms with Crippen LogP contribution in [0.15, 0.2) is 30.5 Å². The van der Waals surface area contributed by atoms with Gasteiger partial charge in [-0.05, 0) is 56.9 Å². The normalized spacial score (nSPS) is 11.1. The predicted octanol–water partition coefficient (Wildman–Crippen LogP) is 4.42. The highest BCUT2D eigenvalue weighted by molar-refractivity contribution is 7.22. The minimum absolute atomic E-state index is 0.386. The lowest BCUT2D eigenvalue weighted by Crippen LogP contribution is -2.45. The van der Waals surface area contributed by atoms with Gasteiger partial charge in [0.15, 0.2) is 5.13 Å². The fourth-order valence-corrected chi connectivity index (χ4v) is 3.44. The highest BCUT2D eigenvalue weighted by Crippen LogP contribution is 2.31. The predicted molar refractivity (Wildman–Crippen MR) is 103 cm³/mol. The molecular weight excluding hydrogens is 372 g/mol.